The highest BCUT2D eigenvalue weighted by Gasteiger charge is 2.20. The van der Waals surface area contributed by atoms with Crippen molar-refractivity contribution >= 4 is 22.6 Å². The second-order valence-corrected chi connectivity index (χ2v) is 5.90. The van der Waals surface area contributed by atoms with Gasteiger partial charge in [-0.15, -0.1) is 11.6 Å². The molecule has 1 aromatic heterocycles. The van der Waals surface area contributed by atoms with Crippen molar-refractivity contribution in [3.63, 3.8) is 0 Å². The highest BCUT2D eigenvalue weighted by Crippen LogP contribution is 2.33. The van der Waals surface area contributed by atoms with Crippen LogP contribution in [0.3, 0.4) is 0 Å². The van der Waals surface area contributed by atoms with Gasteiger partial charge in [0.2, 0.25) is 0 Å². The largest absolute Gasteiger partial charge is 0.328 e. The summed E-state index contributed by atoms with van der Waals surface area (Å²) in [6.07, 6.45) is 6.07. The predicted octanol–water partition coefficient (Wildman–Crippen LogP) is 3.88. The number of fused-ring (bicyclic) bond motifs is 1. The molecule has 0 bridgehead atoms. The van der Waals surface area contributed by atoms with E-state index in [2.05, 4.69) is 15.6 Å². The van der Waals surface area contributed by atoms with Crippen LogP contribution in [0.25, 0.3) is 11.0 Å². The molecule has 0 spiro atoms. The summed E-state index contributed by atoms with van der Waals surface area (Å²) in [5.74, 6) is 2.58. The molecule has 1 saturated carbocycles. The molecule has 1 aromatic carbocycles. The summed E-state index contributed by atoms with van der Waals surface area (Å²) in [6, 6.07) is 7.91. The summed E-state index contributed by atoms with van der Waals surface area (Å²) in [5, 5.41) is 9.05. The molecule has 0 saturated heterocycles. The SMILES string of the molecule is N#Cc1ccc2nc(CCCl)n(CCCC3CC3)c2c1. The normalized spacial score (nSPS) is 14.6. The zero-order valence-electron chi connectivity index (χ0n) is 11.5. The topological polar surface area (TPSA) is 41.6 Å². The molecular formula is C16H18ClN3. The van der Waals surface area contributed by atoms with Gasteiger partial charge in [0.1, 0.15) is 5.82 Å². The number of nitrogens with zero attached hydrogens (tertiary/aromatic N) is 3. The van der Waals surface area contributed by atoms with Crippen molar-refractivity contribution in [2.24, 2.45) is 5.92 Å². The van der Waals surface area contributed by atoms with Gasteiger partial charge in [-0.05, 0) is 37.0 Å². The number of rotatable bonds is 6. The van der Waals surface area contributed by atoms with Crippen LogP contribution in [0.5, 0.6) is 0 Å². The summed E-state index contributed by atoms with van der Waals surface area (Å²) in [7, 11) is 0. The molecule has 3 rings (SSSR count). The van der Waals surface area contributed by atoms with Crippen LogP contribution >= 0.6 is 11.6 Å². The quantitative estimate of drug-likeness (QED) is 0.757. The minimum atomic E-state index is 0.580. The van der Waals surface area contributed by atoms with Gasteiger partial charge in [0.05, 0.1) is 22.7 Å². The van der Waals surface area contributed by atoms with E-state index in [4.69, 9.17) is 16.9 Å². The third kappa shape index (κ3) is 2.81. The van der Waals surface area contributed by atoms with Crippen LogP contribution in [-0.2, 0) is 13.0 Å². The van der Waals surface area contributed by atoms with Crippen LogP contribution in [0.4, 0.5) is 0 Å². The van der Waals surface area contributed by atoms with E-state index in [-0.39, 0.29) is 0 Å². The van der Waals surface area contributed by atoms with E-state index in [0.29, 0.717) is 11.4 Å². The molecule has 1 fully saturated rings. The number of hydrogen-bond donors (Lipinski definition) is 0. The van der Waals surface area contributed by atoms with Crippen LogP contribution in [0.15, 0.2) is 18.2 Å². The molecule has 0 N–H and O–H groups in total. The number of alkyl halides is 1. The van der Waals surface area contributed by atoms with Crippen LogP contribution in [0, 0.1) is 17.2 Å². The lowest BCUT2D eigenvalue weighted by molar-refractivity contribution is 0.571. The Hall–Kier alpha value is -1.53. The molecular weight excluding hydrogens is 270 g/mol. The molecule has 4 heteroatoms. The Morgan fingerprint density at radius 1 is 1.40 bits per heavy atom. The third-order valence-electron chi connectivity index (χ3n) is 3.97. The van der Waals surface area contributed by atoms with Crippen molar-refractivity contribution in [2.75, 3.05) is 5.88 Å². The lowest BCUT2D eigenvalue weighted by Crippen LogP contribution is -2.05. The minimum absolute atomic E-state index is 0.580. The first kappa shape index (κ1) is 13.5. The molecule has 104 valence electrons. The zero-order chi connectivity index (χ0) is 13.9. The van der Waals surface area contributed by atoms with Crippen LogP contribution in [0.1, 0.15) is 37.1 Å². The average Bonchev–Trinajstić information content (AvgIpc) is 3.22. The standard InChI is InChI=1S/C16H18ClN3/c17-8-7-16-19-14-6-5-13(11-18)10-15(14)20(16)9-1-2-12-3-4-12/h5-6,10,12H,1-4,7-9H2. The molecule has 0 radical (unpaired) electrons. The van der Waals surface area contributed by atoms with Crippen molar-refractivity contribution in [3.05, 3.63) is 29.6 Å². The van der Waals surface area contributed by atoms with Crippen LogP contribution in [-0.4, -0.2) is 15.4 Å². The fraction of sp³-hybridized carbons (Fsp3) is 0.500. The van der Waals surface area contributed by atoms with Gasteiger partial charge in [-0.3, -0.25) is 0 Å². The minimum Gasteiger partial charge on any atom is -0.328 e. The summed E-state index contributed by atoms with van der Waals surface area (Å²) in [6.45, 7) is 0.980. The highest BCUT2D eigenvalue weighted by molar-refractivity contribution is 6.17. The molecule has 1 aliphatic rings. The first-order valence-electron chi connectivity index (χ1n) is 7.27. The third-order valence-corrected chi connectivity index (χ3v) is 4.15. The fourth-order valence-corrected chi connectivity index (χ4v) is 2.88. The Morgan fingerprint density at radius 2 is 2.25 bits per heavy atom. The van der Waals surface area contributed by atoms with Crippen LogP contribution < -0.4 is 0 Å². The van der Waals surface area contributed by atoms with Gasteiger partial charge in [0.25, 0.3) is 0 Å². The van der Waals surface area contributed by atoms with Gasteiger partial charge < -0.3 is 4.57 Å². The number of imidazole rings is 1. The molecule has 1 aliphatic carbocycles. The molecule has 0 amide bonds. The van der Waals surface area contributed by atoms with E-state index >= 15 is 0 Å². The van der Waals surface area contributed by atoms with Crippen molar-refractivity contribution < 1.29 is 0 Å². The van der Waals surface area contributed by atoms with Gasteiger partial charge in [-0.25, -0.2) is 4.98 Å². The van der Waals surface area contributed by atoms with Crippen molar-refractivity contribution in [3.8, 4) is 6.07 Å². The Kier molecular flexibility index (Phi) is 3.93. The van der Waals surface area contributed by atoms with Gasteiger partial charge in [-0.2, -0.15) is 5.26 Å². The van der Waals surface area contributed by atoms with E-state index in [1.165, 1.54) is 25.7 Å². The summed E-state index contributed by atoms with van der Waals surface area (Å²) < 4.78 is 2.25. The summed E-state index contributed by atoms with van der Waals surface area (Å²) in [5.41, 5.74) is 2.73. The van der Waals surface area contributed by atoms with E-state index in [1.54, 1.807) is 0 Å². The Morgan fingerprint density at radius 3 is 2.95 bits per heavy atom. The average molecular weight is 288 g/mol. The summed E-state index contributed by atoms with van der Waals surface area (Å²) >= 11 is 5.88. The lowest BCUT2D eigenvalue weighted by Gasteiger charge is -2.08. The molecule has 2 aromatic rings. The van der Waals surface area contributed by atoms with E-state index < -0.39 is 0 Å². The lowest BCUT2D eigenvalue weighted by atomic mass is 10.2. The molecule has 3 nitrogen and oxygen atoms in total. The van der Waals surface area contributed by atoms with E-state index in [0.717, 1.165) is 35.7 Å². The Balaban J connectivity index is 1.90. The second-order valence-electron chi connectivity index (χ2n) is 5.52. The molecule has 0 aliphatic heterocycles. The van der Waals surface area contributed by atoms with Gasteiger partial charge in [-0.1, -0.05) is 12.8 Å². The fourth-order valence-electron chi connectivity index (χ4n) is 2.71. The maximum absolute atomic E-state index is 9.05. The van der Waals surface area contributed by atoms with Crippen molar-refractivity contribution in [2.45, 2.75) is 38.6 Å². The first-order valence-corrected chi connectivity index (χ1v) is 7.80. The van der Waals surface area contributed by atoms with Crippen molar-refractivity contribution in [1.29, 1.82) is 5.26 Å². The van der Waals surface area contributed by atoms with E-state index in [1.807, 2.05) is 18.2 Å². The number of nitriles is 1. The number of benzene rings is 1. The van der Waals surface area contributed by atoms with Gasteiger partial charge in [0, 0.05) is 18.8 Å². The monoisotopic (exact) mass is 287 g/mol. The summed E-state index contributed by atoms with van der Waals surface area (Å²) in [4.78, 5) is 4.66. The van der Waals surface area contributed by atoms with Gasteiger partial charge >= 0.3 is 0 Å². The zero-order valence-corrected chi connectivity index (χ0v) is 12.2. The number of hydrogen-bond acceptors (Lipinski definition) is 2. The predicted molar refractivity (Wildman–Crippen MR) is 80.8 cm³/mol. The number of halogens is 1. The number of aromatic nitrogens is 2. The Bertz CT molecular complexity index is 650. The molecule has 0 atom stereocenters. The Labute approximate surface area is 124 Å². The maximum Gasteiger partial charge on any atom is 0.111 e. The highest BCUT2D eigenvalue weighted by atomic mass is 35.5. The van der Waals surface area contributed by atoms with Gasteiger partial charge in [0.15, 0.2) is 0 Å². The van der Waals surface area contributed by atoms with Crippen molar-refractivity contribution in [1.82, 2.24) is 9.55 Å². The maximum atomic E-state index is 9.05. The smallest absolute Gasteiger partial charge is 0.111 e. The molecule has 1 heterocycles. The molecule has 20 heavy (non-hydrogen) atoms. The van der Waals surface area contributed by atoms with Crippen LogP contribution in [0.2, 0.25) is 0 Å². The molecule has 0 unspecified atom stereocenters. The number of aryl methyl sites for hydroxylation is 2. The van der Waals surface area contributed by atoms with E-state index in [9.17, 15) is 0 Å². The second kappa shape index (κ2) is 5.85. The first-order chi connectivity index (χ1) is 9.81.